The molecule has 0 atom stereocenters. The number of benzene rings is 1. The van der Waals surface area contributed by atoms with E-state index < -0.39 is 10.0 Å². The highest BCUT2D eigenvalue weighted by Gasteiger charge is 2.17. The van der Waals surface area contributed by atoms with E-state index in [0.29, 0.717) is 5.15 Å². The van der Waals surface area contributed by atoms with Crippen molar-refractivity contribution in [1.29, 1.82) is 0 Å². The molecule has 120 valence electrons. The molecule has 4 nitrogen and oxygen atoms in total. The Bertz CT molecular complexity index is 859. The number of hydrogen-bond donors (Lipinski definition) is 1. The lowest BCUT2D eigenvalue weighted by Gasteiger charge is -2.15. The minimum absolute atomic E-state index is 0.186. The third kappa shape index (κ3) is 3.63. The van der Waals surface area contributed by atoms with Gasteiger partial charge in [0.2, 0.25) is 10.0 Å². The van der Waals surface area contributed by atoms with Gasteiger partial charge in [-0.2, -0.15) is 0 Å². The van der Waals surface area contributed by atoms with E-state index in [9.17, 15) is 8.42 Å². The summed E-state index contributed by atoms with van der Waals surface area (Å²) < 4.78 is 27.4. The van der Waals surface area contributed by atoms with Crippen LogP contribution in [-0.4, -0.2) is 13.4 Å². The maximum absolute atomic E-state index is 12.4. The van der Waals surface area contributed by atoms with Crippen LogP contribution >= 0.6 is 11.6 Å². The Kier molecular flexibility index (Phi) is 4.53. The molecule has 1 heterocycles. The molecule has 23 heavy (non-hydrogen) atoms. The van der Waals surface area contributed by atoms with Gasteiger partial charge in [-0.25, -0.2) is 18.1 Å². The van der Waals surface area contributed by atoms with Gasteiger partial charge in [0, 0.05) is 17.8 Å². The van der Waals surface area contributed by atoms with E-state index >= 15 is 0 Å². The summed E-state index contributed by atoms with van der Waals surface area (Å²) in [5.41, 5.74) is 3.74. The SMILES string of the molecule is Cc1ccc(S(=O)(=O)NCc2cc(Cl)nc3c2C=CCC3)cc1. The van der Waals surface area contributed by atoms with Crippen LogP contribution in [0.15, 0.2) is 41.3 Å². The van der Waals surface area contributed by atoms with Crippen LogP contribution in [0.25, 0.3) is 6.08 Å². The van der Waals surface area contributed by atoms with Crippen molar-refractivity contribution in [2.24, 2.45) is 0 Å². The Labute approximate surface area is 141 Å². The number of halogens is 1. The third-order valence-corrected chi connectivity index (χ3v) is 5.42. The van der Waals surface area contributed by atoms with E-state index in [4.69, 9.17) is 11.6 Å². The first-order chi connectivity index (χ1) is 11.0. The number of allylic oxidation sites excluding steroid dienone is 1. The molecule has 6 heteroatoms. The molecule has 2 aromatic rings. The van der Waals surface area contributed by atoms with Crippen LogP contribution in [0.2, 0.25) is 5.15 Å². The molecule has 0 aliphatic heterocycles. The van der Waals surface area contributed by atoms with Crippen LogP contribution in [0.4, 0.5) is 0 Å². The summed E-state index contributed by atoms with van der Waals surface area (Å²) in [6, 6.07) is 8.48. The van der Waals surface area contributed by atoms with E-state index in [1.807, 2.05) is 13.0 Å². The molecular formula is C17H17ClN2O2S. The fourth-order valence-electron chi connectivity index (χ4n) is 2.56. The standard InChI is InChI=1S/C17H17ClN2O2S/c1-12-6-8-14(9-7-12)23(21,22)19-11-13-10-17(18)20-16-5-3-2-4-15(13)16/h2,4,6-10,19H,3,5,11H2,1H3. The minimum Gasteiger partial charge on any atom is -0.241 e. The molecule has 0 unspecified atom stereocenters. The first-order valence-corrected chi connectivity index (χ1v) is 9.23. The number of nitrogens with zero attached hydrogens (tertiary/aromatic N) is 1. The summed E-state index contributed by atoms with van der Waals surface area (Å²) in [6.07, 6.45) is 5.80. The average molecular weight is 349 g/mol. The molecular weight excluding hydrogens is 332 g/mol. The predicted molar refractivity (Wildman–Crippen MR) is 91.8 cm³/mol. The summed E-state index contributed by atoms with van der Waals surface area (Å²) in [6.45, 7) is 2.10. The van der Waals surface area contributed by atoms with Crippen molar-refractivity contribution in [3.05, 3.63) is 63.9 Å². The number of hydrogen-bond acceptors (Lipinski definition) is 3. The normalized spacial score (nSPS) is 13.8. The Hall–Kier alpha value is -1.69. The van der Waals surface area contributed by atoms with Gasteiger partial charge in [0.05, 0.1) is 4.90 Å². The molecule has 0 radical (unpaired) electrons. The van der Waals surface area contributed by atoms with Gasteiger partial charge >= 0.3 is 0 Å². The number of nitrogens with one attached hydrogen (secondary N) is 1. The smallest absolute Gasteiger partial charge is 0.240 e. The number of rotatable bonds is 4. The van der Waals surface area contributed by atoms with Crippen molar-refractivity contribution in [3.8, 4) is 0 Å². The maximum atomic E-state index is 12.4. The van der Waals surface area contributed by atoms with Crippen molar-refractivity contribution in [2.75, 3.05) is 0 Å². The van der Waals surface area contributed by atoms with Gasteiger partial charge in [-0.05, 0) is 43.5 Å². The fourth-order valence-corrected chi connectivity index (χ4v) is 3.80. The number of aryl methyl sites for hydroxylation is 2. The van der Waals surface area contributed by atoms with Crippen molar-refractivity contribution in [1.82, 2.24) is 9.71 Å². The quantitative estimate of drug-likeness (QED) is 0.860. The van der Waals surface area contributed by atoms with Crippen LogP contribution in [0, 0.1) is 6.92 Å². The lowest BCUT2D eigenvalue weighted by molar-refractivity contribution is 0.581. The van der Waals surface area contributed by atoms with Crippen LogP contribution in [-0.2, 0) is 23.0 Å². The molecule has 1 aliphatic rings. The molecule has 1 aliphatic carbocycles. The third-order valence-electron chi connectivity index (χ3n) is 3.81. The Balaban J connectivity index is 1.85. The van der Waals surface area contributed by atoms with E-state index in [-0.39, 0.29) is 11.4 Å². The van der Waals surface area contributed by atoms with Gasteiger partial charge in [-0.15, -0.1) is 0 Å². The molecule has 0 saturated heterocycles. The number of fused-ring (bicyclic) bond motifs is 1. The highest BCUT2D eigenvalue weighted by Crippen LogP contribution is 2.24. The highest BCUT2D eigenvalue weighted by molar-refractivity contribution is 7.89. The second-order valence-electron chi connectivity index (χ2n) is 5.54. The maximum Gasteiger partial charge on any atom is 0.240 e. The first-order valence-electron chi connectivity index (χ1n) is 7.37. The Morgan fingerprint density at radius 3 is 2.74 bits per heavy atom. The predicted octanol–water partition coefficient (Wildman–Crippen LogP) is 3.48. The summed E-state index contributed by atoms with van der Waals surface area (Å²) in [5, 5.41) is 0.392. The zero-order valence-corrected chi connectivity index (χ0v) is 14.3. The van der Waals surface area contributed by atoms with E-state index in [2.05, 4.69) is 15.8 Å². The molecule has 0 spiro atoms. The molecule has 1 aromatic heterocycles. The van der Waals surface area contributed by atoms with Crippen molar-refractivity contribution < 1.29 is 8.42 Å². The van der Waals surface area contributed by atoms with Crippen molar-refractivity contribution in [3.63, 3.8) is 0 Å². The summed E-state index contributed by atoms with van der Waals surface area (Å²) in [7, 11) is -3.55. The van der Waals surface area contributed by atoms with Crippen LogP contribution in [0.1, 0.15) is 28.8 Å². The number of pyridine rings is 1. The largest absolute Gasteiger partial charge is 0.241 e. The number of sulfonamides is 1. The second kappa shape index (κ2) is 6.43. The fraction of sp³-hybridized carbons (Fsp3) is 0.235. The molecule has 0 saturated carbocycles. The highest BCUT2D eigenvalue weighted by atomic mass is 35.5. The van der Waals surface area contributed by atoms with Crippen LogP contribution in [0.5, 0.6) is 0 Å². The Morgan fingerprint density at radius 1 is 1.26 bits per heavy atom. The summed E-state index contributed by atoms with van der Waals surface area (Å²) >= 11 is 6.05. The lowest BCUT2D eigenvalue weighted by atomic mass is 9.98. The molecule has 3 rings (SSSR count). The van der Waals surface area contributed by atoms with Crippen molar-refractivity contribution in [2.45, 2.75) is 31.2 Å². The van der Waals surface area contributed by atoms with Gasteiger partial charge < -0.3 is 0 Å². The van der Waals surface area contributed by atoms with Gasteiger partial charge in [0.15, 0.2) is 0 Å². The van der Waals surface area contributed by atoms with Gasteiger partial charge in [-0.1, -0.05) is 41.4 Å². The topological polar surface area (TPSA) is 59.1 Å². The van der Waals surface area contributed by atoms with E-state index in [1.54, 1.807) is 30.3 Å². The van der Waals surface area contributed by atoms with Gasteiger partial charge in [0.1, 0.15) is 5.15 Å². The van der Waals surface area contributed by atoms with E-state index in [0.717, 1.165) is 35.2 Å². The number of aromatic nitrogens is 1. The van der Waals surface area contributed by atoms with Gasteiger partial charge in [-0.3, -0.25) is 0 Å². The van der Waals surface area contributed by atoms with Crippen LogP contribution < -0.4 is 4.72 Å². The molecule has 1 N–H and O–H groups in total. The summed E-state index contributed by atoms with van der Waals surface area (Å²) in [4.78, 5) is 4.58. The van der Waals surface area contributed by atoms with Crippen LogP contribution in [0.3, 0.4) is 0 Å². The molecule has 0 amide bonds. The first kappa shape index (κ1) is 16.2. The average Bonchev–Trinajstić information content (AvgIpc) is 2.53. The monoisotopic (exact) mass is 348 g/mol. The lowest BCUT2D eigenvalue weighted by Crippen LogP contribution is -2.24. The zero-order chi connectivity index (χ0) is 16.4. The van der Waals surface area contributed by atoms with Crippen molar-refractivity contribution >= 4 is 27.7 Å². The van der Waals surface area contributed by atoms with Gasteiger partial charge in [0.25, 0.3) is 0 Å². The molecule has 0 fully saturated rings. The molecule has 1 aromatic carbocycles. The summed E-state index contributed by atoms with van der Waals surface area (Å²) in [5.74, 6) is 0. The zero-order valence-electron chi connectivity index (χ0n) is 12.7. The minimum atomic E-state index is -3.55. The Morgan fingerprint density at radius 2 is 2.00 bits per heavy atom. The van der Waals surface area contributed by atoms with E-state index in [1.165, 1.54) is 0 Å². The molecule has 0 bridgehead atoms. The second-order valence-corrected chi connectivity index (χ2v) is 7.70.